The first-order chi connectivity index (χ1) is 16.9. The first-order valence-electron chi connectivity index (χ1n) is 12.1. The maximum Gasteiger partial charge on any atom is 0.273 e. The number of nitrogens with two attached hydrogens (primary N) is 1. The van der Waals surface area contributed by atoms with Gasteiger partial charge in [-0.3, -0.25) is 15.0 Å². The number of nitrogens with zero attached hydrogens (tertiary/aromatic N) is 4. The zero-order valence-electron chi connectivity index (χ0n) is 19.5. The van der Waals surface area contributed by atoms with Crippen LogP contribution in [-0.4, -0.2) is 42.9 Å². The van der Waals surface area contributed by atoms with Crippen molar-refractivity contribution in [1.82, 2.24) is 0 Å². The number of rotatable bonds is 5. The Morgan fingerprint density at radius 3 is 2.40 bits per heavy atom. The summed E-state index contributed by atoms with van der Waals surface area (Å²) in [6.45, 7) is 2.49. The van der Waals surface area contributed by atoms with Crippen molar-refractivity contribution in [1.29, 1.82) is 10.7 Å². The highest BCUT2D eigenvalue weighted by molar-refractivity contribution is 6.54. The van der Waals surface area contributed by atoms with Gasteiger partial charge in [0.25, 0.3) is 11.8 Å². The third kappa shape index (κ3) is 4.30. The Balaban J connectivity index is 1.52. The predicted octanol–water partition coefficient (Wildman–Crippen LogP) is 3.57. The van der Waals surface area contributed by atoms with Crippen LogP contribution in [0.3, 0.4) is 0 Å². The zero-order chi connectivity index (χ0) is 24.6. The highest BCUT2D eigenvalue weighted by Gasteiger charge is 2.60. The van der Waals surface area contributed by atoms with Crippen LogP contribution in [0.5, 0.6) is 0 Å². The summed E-state index contributed by atoms with van der Waals surface area (Å²) in [6.07, 6.45) is 5.20. The van der Waals surface area contributed by atoms with Crippen molar-refractivity contribution < 1.29 is 9.59 Å². The minimum Gasteiger partial charge on any atom is -0.372 e. The normalized spacial score (nSPS) is 22.2. The number of primary amides is 1. The average Bonchev–Trinajstić information content (AvgIpc) is 3.66. The fraction of sp³-hybridized carbons (Fsp3) is 0.370. The molecule has 0 aromatic heterocycles. The minimum atomic E-state index is -0.841. The van der Waals surface area contributed by atoms with E-state index in [9.17, 15) is 14.9 Å². The molecule has 3 aliphatic rings. The van der Waals surface area contributed by atoms with E-state index < -0.39 is 17.2 Å². The van der Waals surface area contributed by atoms with Gasteiger partial charge in [-0.05, 0) is 74.6 Å². The van der Waals surface area contributed by atoms with Crippen LogP contribution < -0.4 is 15.5 Å². The van der Waals surface area contributed by atoms with Gasteiger partial charge in [-0.2, -0.15) is 5.26 Å². The Labute approximate surface area is 204 Å². The van der Waals surface area contributed by atoms with Crippen molar-refractivity contribution in [3.8, 4) is 6.07 Å². The molecule has 2 aromatic rings. The third-order valence-electron chi connectivity index (χ3n) is 7.38. The van der Waals surface area contributed by atoms with Gasteiger partial charge in [0.15, 0.2) is 0 Å². The van der Waals surface area contributed by atoms with Gasteiger partial charge in [-0.15, -0.1) is 0 Å². The number of hydrogen-bond acceptors (Lipinski definition) is 6. The van der Waals surface area contributed by atoms with Crippen molar-refractivity contribution in [3.05, 3.63) is 54.1 Å². The summed E-state index contributed by atoms with van der Waals surface area (Å²) in [7, 11) is 0. The third-order valence-corrected chi connectivity index (χ3v) is 7.38. The highest BCUT2D eigenvalue weighted by atomic mass is 16.2. The molecule has 3 fully saturated rings. The lowest BCUT2D eigenvalue weighted by atomic mass is 9.76. The maximum atomic E-state index is 13.8. The van der Waals surface area contributed by atoms with E-state index in [1.165, 1.54) is 19.3 Å². The van der Waals surface area contributed by atoms with E-state index in [0.717, 1.165) is 37.3 Å². The largest absolute Gasteiger partial charge is 0.372 e. The number of hydrogen-bond donors (Lipinski definition) is 2. The molecular formula is C27H28N6O2. The lowest BCUT2D eigenvalue weighted by molar-refractivity contribution is -0.113. The quantitative estimate of drug-likeness (QED) is 0.650. The minimum absolute atomic E-state index is 0.132. The van der Waals surface area contributed by atoms with Crippen molar-refractivity contribution in [2.45, 2.75) is 32.1 Å². The SMILES string of the molecule is N#Cc1cccc(N=C2C(=O)N(c3ccc(N4CCCCC4)cc3)CC3(CC3)C2C(=N)C(N)=O)c1. The van der Waals surface area contributed by atoms with Crippen LogP contribution in [0, 0.1) is 28.1 Å². The molecule has 8 nitrogen and oxygen atoms in total. The molecule has 3 N–H and O–H groups in total. The molecule has 2 amide bonds. The van der Waals surface area contributed by atoms with Crippen LogP contribution in [0.1, 0.15) is 37.7 Å². The van der Waals surface area contributed by atoms with Gasteiger partial charge >= 0.3 is 0 Å². The van der Waals surface area contributed by atoms with Crippen LogP contribution in [-0.2, 0) is 9.59 Å². The number of carbonyl (C=O) groups is 2. The van der Waals surface area contributed by atoms with E-state index in [0.29, 0.717) is 17.8 Å². The average molecular weight is 469 g/mol. The molecule has 1 aliphatic carbocycles. The summed E-state index contributed by atoms with van der Waals surface area (Å²) in [6, 6.07) is 16.8. The van der Waals surface area contributed by atoms with Gasteiger partial charge in [0, 0.05) is 36.4 Å². The van der Waals surface area contributed by atoms with Crippen LogP contribution >= 0.6 is 0 Å². The molecule has 0 bridgehead atoms. The number of aliphatic imine (C=N–C) groups is 1. The summed E-state index contributed by atoms with van der Waals surface area (Å²) in [5, 5.41) is 17.7. The van der Waals surface area contributed by atoms with Crippen LogP contribution in [0.25, 0.3) is 0 Å². The Bertz CT molecular complexity index is 1250. The number of piperidine rings is 2. The van der Waals surface area contributed by atoms with E-state index in [1.807, 2.05) is 12.1 Å². The molecule has 2 aliphatic heterocycles. The molecule has 8 heteroatoms. The molecule has 1 atom stereocenters. The Kier molecular flexibility index (Phi) is 5.85. The summed E-state index contributed by atoms with van der Waals surface area (Å²) in [4.78, 5) is 34.5. The van der Waals surface area contributed by atoms with E-state index in [-0.39, 0.29) is 17.3 Å². The van der Waals surface area contributed by atoms with Crippen molar-refractivity contribution in [3.63, 3.8) is 0 Å². The molecular weight excluding hydrogens is 440 g/mol. The van der Waals surface area contributed by atoms with Gasteiger partial charge < -0.3 is 15.5 Å². The van der Waals surface area contributed by atoms with Gasteiger partial charge in [0.1, 0.15) is 11.4 Å². The second-order valence-corrected chi connectivity index (χ2v) is 9.69. The molecule has 1 saturated carbocycles. The van der Waals surface area contributed by atoms with Crippen molar-refractivity contribution >= 4 is 40.3 Å². The Morgan fingerprint density at radius 2 is 1.77 bits per heavy atom. The van der Waals surface area contributed by atoms with Gasteiger partial charge in [0.05, 0.1) is 23.2 Å². The summed E-state index contributed by atoms with van der Waals surface area (Å²) in [5.74, 6) is -1.94. The van der Waals surface area contributed by atoms with Gasteiger partial charge in [-0.1, -0.05) is 6.07 Å². The molecule has 0 radical (unpaired) electrons. The lowest BCUT2D eigenvalue weighted by Crippen LogP contribution is -2.56. The second kappa shape index (κ2) is 8.99. The second-order valence-electron chi connectivity index (χ2n) is 9.69. The molecule has 35 heavy (non-hydrogen) atoms. The molecule has 5 rings (SSSR count). The van der Waals surface area contributed by atoms with Gasteiger partial charge in [-0.25, -0.2) is 4.99 Å². The molecule has 2 aromatic carbocycles. The van der Waals surface area contributed by atoms with Crippen LogP contribution in [0.2, 0.25) is 0 Å². The highest BCUT2D eigenvalue weighted by Crippen LogP contribution is 2.56. The van der Waals surface area contributed by atoms with E-state index in [1.54, 1.807) is 29.2 Å². The predicted molar refractivity (Wildman–Crippen MR) is 135 cm³/mol. The number of nitriles is 1. The monoisotopic (exact) mass is 468 g/mol. The standard InChI is InChI=1S/C27H28N6O2/c28-16-18-5-4-6-19(15-18)31-24-22(23(29)25(30)34)27(11-12-27)17-33(26(24)35)21-9-7-20(8-10-21)32-13-2-1-3-14-32/h4-10,15,22,29H,1-3,11-14,17H2,(H2,30,34). The lowest BCUT2D eigenvalue weighted by Gasteiger charge is -2.39. The van der Waals surface area contributed by atoms with E-state index >= 15 is 0 Å². The molecule has 1 unspecified atom stereocenters. The van der Waals surface area contributed by atoms with Crippen LogP contribution in [0.4, 0.5) is 17.1 Å². The number of anilines is 2. The summed E-state index contributed by atoms with van der Waals surface area (Å²) < 4.78 is 0. The summed E-state index contributed by atoms with van der Waals surface area (Å²) >= 11 is 0. The number of carbonyl (C=O) groups excluding carboxylic acids is 2. The number of nitrogens with one attached hydrogen (secondary N) is 1. The number of benzene rings is 2. The Morgan fingerprint density at radius 1 is 1.09 bits per heavy atom. The molecule has 178 valence electrons. The first-order valence-corrected chi connectivity index (χ1v) is 12.1. The maximum absolute atomic E-state index is 13.8. The zero-order valence-corrected chi connectivity index (χ0v) is 19.5. The fourth-order valence-electron chi connectivity index (χ4n) is 5.32. The van der Waals surface area contributed by atoms with Crippen LogP contribution in [0.15, 0.2) is 53.5 Å². The van der Waals surface area contributed by atoms with Crippen molar-refractivity contribution in [2.75, 3.05) is 29.4 Å². The smallest absolute Gasteiger partial charge is 0.273 e. The van der Waals surface area contributed by atoms with E-state index in [2.05, 4.69) is 28.1 Å². The van der Waals surface area contributed by atoms with E-state index in [4.69, 9.17) is 11.1 Å². The first kappa shape index (κ1) is 22.8. The Hall–Kier alpha value is -3.99. The number of amides is 2. The molecule has 1 spiro atoms. The molecule has 2 heterocycles. The topological polar surface area (TPSA) is 127 Å². The molecule has 2 saturated heterocycles. The van der Waals surface area contributed by atoms with Crippen molar-refractivity contribution in [2.24, 2.45) is 22.1 Å². The fourth-order valence-corrected chi connectivity index (χ4v) is 5.32. The summed E-state index contributed by atoms with van der Waals surface area (Å²) in [5.41, 5.74) is 7.69. The van der Waals surface area contributed by atoms with Gasteiger partial charge in [0.2, 0.25) is 0 Å².